The fraction of sp³-hybridized carbons (Fsp3) is 0.238. The van der Waals surface area contributed by atoms with E-state index >= 15 is 0 Å². The van der Waals surface area contributed by atoms with Gasteiger partial charge in [0.1, 0.15) is 0 Å². The van der Waals surface area contributed by atoms with E-state index in [4.69, 9.17) is 16.3 Å². The van der Waals surface area contributed by atoms with Gasteiger partial charge in [0.2, 0.25) is 0 Å². The molecule has 0 fully saturated rings. The number of nitrogens with one attached hydrogen (secondary N) is 1. The lowest BCUT2D eigenvalue weighted by molar-refractivity contribution is -0.123. The molecule has 150 valence electrons. The Balaban J connectivity index is 1.73. The molecule has 0 aliphatic carbocycles. The van der Waals surface area contributed by atoms with Gasteiger partial charge in [0.25, 0.3) is 5.91 Å². The Hall–Kier alpha value is -3.19. The van der Waals surface area contributed by atoms with E-state index in [9.17, 15) is 9.59 Å². The summed E-state index contributed by atoms with van der Waals surface area (Å²) < 4.78 is 5.28. The van der Waals surface area contributed by atoms with Crippen molar-refractivity contribution in [2.75, 3.05) is 5.32 Å². The van der Waals surface area contributed by atoms with Crippen LogP contribution in [0.4, 0.5) is 5.69 Å². The number of hydrogen-bond acceptors (Lipinski definition) is 5. The maximum Gasteiger partial charge on any atom is 0.361 e. The molecule has 1 heterocycles. The van der Waals surface area contributed by atoms with Gasteiger partial charge < -0.3 is 10.1 Å². The van der Waals surface area contributed by atoms with Gasteiger partial charge in [-0.25, -0.2) is 4.79 Å². The van der Waals surface area contributed by atoms with Crippen LogP contribution in [0.25, 0.3) is 5.69 Å². The number of halogens is 1. The predicted molar refractivity (Wildman–Crippen MR) is 111 cm³/mol. The van der Waals surface area contributed by atoms with Crippen LogP contribution >= 0.6 is 11.6 Å². The van der Waals surface area contributed by atoms with E-state index in [-0.39, 0.29) is 5.69 Å². The van der Waals surface area contributed by atoms with Gasteiger partial charge in [-0.15, -0.1) is 5.10 Å². The maximum absolute atomic E-state index is 12.5. The van der Waals surface area contributed by atoms with Gasteiger partial charge in [0.05, 0.1) is 22.1 Å². The van der Waals surface area contributed by atoms with Crippen LogP contribution in [0.15, 0.2) is 42.5 Å². The van der Waals surface area contributed by atoms with Crippen molar-refractivity contribution in [2.24, 2.45) is 0 Å². The number of carbonyl (C=O) groups excluding carboxylic acids is 2. The second-order valence-corrected chi connectivity index (χ2v) is 7.14. The summed E-state index contributed by atoms with van der Waals surface area (Å²) in [6, 6.07) is 12.7. The summed E-state index contributed by atoms with van der Waals surface area (Å²) in [5.74, 6) is -1.22. The van der Waals surface area contributed by atoms with Gasteiger partial charge in [-0.1, -0.05) is 41.4 Å². The zero-order chi connectivity index (χ0) is 21.1. The Morgan fingerprint density at radius 2 is 1.83 bits per heavy atom. The largest absolute Gasteiger partial charge is 0.448 e. The lowest BCUT2D eigenvalue weighted by Crippen LogP contribution is -2.30. The second-order valence-electron chi connectivity index (χ2n) is 6.73. The molecule has 0 bridgehead atoms. The van der Waals surface area contributed by atoms with Gasteiger partial charge in [0, 0.05) is 0 Å². The van der Waals surface area contributed by atoms with E-state index in [1.165, 1.54) is 11.7 Å². The van der Waals surface area contributed by atoms with Crippen molar-refractivity contribution in [1.29, 1.82) is 0 Å². The summed E-state index contributed by atoms with van der Waals surface area (Å²) in [4.78, 5) is 26.3. The number of ether oxygens (including phenoxy) is 1. The van der Waals surface area contributed by atoms with E-state index in [0.717, 1.165) is 16.8 Å². The number of rotatable bonds is 5. The first-order valence-corrected chi connectivity index (χ1v) is 9.42. The van der Waals surface area contributed by atoms with Gasteiger partial charge >= 0.3 is 5.97 Å². The van der Waals surface area contributed by atoms with Crippen molar-refractivity contribution >= 4 is 29.2 Å². The van der Waals surface area contributed by atoms with E-state index in [0.29, 0.717) is 16.4 Å². The predicted octanol–water partition coefficient (Wildman–Crippen LogP) is 4.03. The number of carbonyl (C=O) groups is 2. The number of benzene rings is 2. The van der Waals surface area contributed by atoms with Gasteiger partial charge in [-0.05, 0) is 51.5 Å². The number of aromatic nitrogens is 3. The summed E-state index contributed by atoms with van der Waals surface area (Å²) in [6.45, 7) is 7.09. The van der Waals surface area contributed by atoms with Crippen LogP contribution in [0.5, 0.6) is 0 Å². The third-order valence-corrected chi connectivity index (χ3v) is 4.66. The van der Waals surface area contributed by atoms with E-state index < -0.39 is 18.0 Å². The number of para-hydroxylation sites is 1. The number of nitrogens with zero attached hydrogens (tertiary/aromatic N) is 3. The lowest BCUT2D eigenvalue weighted by Gasteiger charge is -2.13. The van der Waals surface area contributed by atoms with Gasteiger partial charge in [0.15, 0.2) is 11.8 Å². The number of aryl methyl sites for hydroxylation is 3. The summed E-state index contributed by atoms with van der Waals surface area (Å²) in [5.41, 5.74) is 3.78. The fourth-order valence-electron chi connectivity index (χ4n) is 2.77. The van der Waals surface area contributed by atoms with Crippen LogP contribution in [0.1, 0.15) is 34.2 Å². The van der Waals surface area contributed by atoms with Gasteiger partial charge in [-0.2, -0.15) is 9.90 Å². The molecule has 1 amide bonds. The average Bonchev–Trinajstić information content (AvgIpc) is 3.05. The molecule has 1 atom stereocenters. The number of anilines is 1. The molecule has 1 N–H and O–H groups in total. The van der Waals surface area contributed by atoms with Crippen LogP contribution in [-0.2, 0) is 9.53 Å². The zero-order valence-electron chi connectivity index (χ0n) is 16.6. The number of esters is 1. The van der Waals surface area contributed by atoms with Crippen molar-refractivity contribution in [1.82, 2.24) is 15.0 Å². The molecule has 3 rings (SSSR count). The smallest absolute Gasteiger partial charge is 0.361 e. The zero-order valence-corrected chi connectivity index (χ0v) is 17.3. The molecule has 0 saturated heterocycles. The molecule has 0 spiro atoms. The summed E-state index contributed by atoms with van der Waals surface area (Å²) in [7, 11) is 0. The summed E-state index contributed by atoms with van der Waals surface area (Å²) in [5, 5.41) is 11.6. The molecular weight excluding hydrogens is 392 g/mol. The van der Waals surface area contributed by atoms with Crippen LogP contribution in [0.3, 0.4) is 0 Å². The monoisotopic (exact) mass is 412 g/mol. The minimum atomic E-state index is -1.04. The average molecular weight is 413 g/mol. The van der Waals surface area contributed by atoms with Crippen molar-refractivity contribution in [3.05, 3.63) is 70.0 Å². The molecule has 0 radical (unpaired) electrons. The molecule has 2 aromatic carbocycles. The Kier molecular flexibility index (Phi) is 5.98. The highest BCUT2D eigenvalue weighted by molar-refractivity contribution is 6.33. The van der Waals surface area contributed by atoms with Crippen molar-refractivity contribution < 1.29 is 14.3 Å². The van der Waals surface area contributed by atoms with Crippen molar-refractivity contribution in [2.45, 2.75) is 33.8 Å². The normalized spacial score (nSPS) is 11.8. The Bertz CT molecular complexity index is 1080. The molecule has 0 unspecified atom stereocenters. The molecule has 0 aliphatic rings. The van der Waals surface area contributed by atoms with Crippen LogP contribution in [-0.4, -0.2) is 33.0 Å². The maximum atomic E-state index is 12.5. The lowest BCUT2D eigenvalue weighted by atomic mass is 10.1. The summed E-state index contributed by atoms with van der Waals surface area (Å²) in [6.07, 6.45) is -1.04. The molecule has 3 aromatic rings. The third kappa shape index (κ3) is 4.63. The molecule has 7 nitrogen and oxygen atoms in total. The Morgan fingerprint density at radius 1 is 1.10 bits per heavy atom. The highest BCUT2D eigenvalue weighted by Crippen LogP contribution is 2.21. The van der Waals surface area contributed by atoms with Gasteiger partial charge in [-0.3, -0.25) is 4.79 Å². The molecule has 29 heavy (non-hydrogen) atoms. The van der Waals surface area contributed by atoms with Crippen molar-refractivity contribution in [3.8, 4) is 5.69 Å². The first-order valence-electron chi connectivity index (χ1n) is 9.04. The topological polar surface area (TPSA) is 86.1 Å². The van der Waals surface area contributed by atoms with E-state index in [1.807, 2.05) is 32.0 Å². The van der Waals surface area contributed by atoms with E-state index in [2.05, 4.69) is 15.5 Å². The highest BCUT2D eigenvalue weighted by atomic mass is 35.5. The fourth-order valence-corrected chi connectivity index (χ4v) is 2.95. The molecule has 8 heteroatoms. The first kappa shape index (κ1) is 20.5. The quantitative estimate of drug-likeness (QED) is 0.639. The molecular formula is C21H21ClN4O3. The highest BCUT2D eigenvalue weighted by Gasteiger charge is 2.24. The SMILES string of the molecule is Cc1ccc(-n2nc(C)c(C(=O)O[C@H](C)C(=O)Nc3ccccc3Cl)n2)c(C)c1. The minimum Gasteiger partial charge on any atom is -0.448 e. The third-order valence-electron chi connectivity index (χ3n) is 4.33. The second kappa shape index (κ2) is 8.45. The van der Waals surface area contributed by atoms with Crippen LogP contribution in [0, 0.1) is 20.8 Å². The van der Waals surface area contributed by atoms with Crippen molar-refractivity contribution in [3.63, 3.8) is 0 Å². The minimum absolute atomic E-state index is 0.0577. The number of hydrogen-bond donors (Lipinski definition) is 1. The van der Waals surface area contributed by atoms with E-state index in [1.54, 1.807) is 31.2 Å². The van der Waals surface area contributed by atoms with Crippen LogP contribution in [0.2, 0.25) is 5.02 Å². The number of amides is 1. The molecule has 1 aromatic heterocycles. The molecule has 0 aliphatic heterocycles. The standard InChI is InChI=1S/C21H21ClN4O3/c1-12-9-10-18(13(2)11-12)26-24-14(3)19(25-26)21(28)29-15(4)20(27)23-17-8-6-5-7-16(17)22/h5-11,15H,1-4H3,(H,23,27)/t15-/m1/s1. The van der Waals surface area contributed by atoms with Crippen LogP contribution < -0.4 is 5.32 Å². The Labute approximate surface area is 173 Å². The Morgan fingerprint density at radius 3 is 2.52 bits per heavy atom. The molecule has 0 saturated carbocycles. The first-order chi connectivity index (χ1) is 13.8. The summed E-state index contributed by atoms with van der Waals surface area (Å²) >= 11 is 6.04.